The van der Waals surface area contributed by atoms with E-state index in [9.17, 15) is 14.4 Å². The Morgan fingerprint density at radius 3 is 2.20 bits per heavy atom. The van der Waals surface area contributed by atoms with Crippen LogP contribution in [0.2, 0.25) is 0 Å². The summed E-state index contributed by atoms with van der Waals surface area (Å²) in [7, 11) is 0. The molecule has 0 N–H and O–H groups in total. The standard InChI is InChI=1S/C34H37IN2O3/c1-24-12-14-25(15-13-24)16-21-29(38)23-30(34(2,3)4)32(39)36-22-8-11-31(36)33(40)37(27-9-6-5-7-10-27)28-19-17-26(35)18-20-28/h5-7,9-10,12-21,30-31H,8,11,22-23H2,1-4H3/b21-16+/t30-,31+/m1/s1. The van der Waals surface area contributed by atoms with Crippen molar-refractivity contribution in [3.05, 3.63) is 99.6 Å². The van der Waals surface area contributed by atoms with E-state index in [1.165, 1.54) is 0 Å². The molecule has 0 bridgehead atoms. The lowest BCUT2D eigenvalue weighted by molar-refractivity contribution is -0.145. The van der Waals surface area contributed by atoms with Crippen molar-refractivity contribution < 1.29 is 14.4 Å². The summed E-state index contributed by atoms with van der Waals surface area (Å²) < 4.78 is 1.08. The van der Waals surface area contributed by atoms with Crippen molar-refractivity contribution in [2.24, 2.45) is 11.3 Å². The zero-order chi connectivity index (χ0) is 28.9. The summed E-state index contributed by atoms with van der Waals surface area (Å²) in [5.74, 6) is -0.896. The first-order chi connectivity index (χ1) is 19.0. The molecule has 40 heavy (non-hydrogen) atoms. The number of likely N-dealkylation sites (tertiary alicyclic amines) is 1. The fourth-order valence-corrected chi connectivity index (χ4v) is 5.47. The Kier molecular flexibility index (Phi) is 9.61. The maximum atomic E-state index is 14.2. The lowest BCUT2D eigenvalue weighted by Crippen LogP contribution is -2.50. The molecule has 0 unspecified atom stereocenters. The number of hydrogen-bond acceptors (Lipinski definition) is 3. The molecule has 1 aliphatic heterocycles. The number of allylic oxidation sites excluding steroid dienone is 1. The van der Waals surface area contributed by atoms with Crippen molar-refractivity contribution in [3.63, 3.8) is 0 Å². The second-order valence-corrected chi connectivity index (χ2v) is 12.8. The highest BCUT2D eigenvalue weighted by Gasteiger charge is 2.43. The topological polar surface area (TPSA) is 57.7 Å². The van der Waals surface area contributed by atoms with Crippen LogP contribution in [0.3, 0.4) is 0 Å². The van der Waals surface area contributed by atoms with Crippen LogP contribution in [0.15, 0.2) is 84.9 Å². The van der Waals surface area contributed by atoms with Crippen molar-refractivity contribution >= 4 is 57.6 Å². The van der Waals surface area contributed by atoms with Crippen molar-refractivity contribution in [1.82, 2.24) is 4.90 Å². The van der Waals surface area contributed by atoms with E-state index in [0.717, 1.165) is 32.5 Å². The minimum Gasteiger partial charge on any atom is -0.330 e. The van der Waals surface area contributed by atoms with Gasteiger partial charge in [-0.05, 0) is 95.8 Å². The Hall–Kier alpha value is -3.26. The molecular weight excluding hydrogens is 611 g/mol. The molecule has 0 spiro atoms. The van der Waals surface area contributed by atoms with Crippen molar-refractivity contribution in [1.29, 1.82) is 0 Å². The molecule has 5 nitrogen and oxygen atoms in total. The Balaban J connectivity index is 1.57. The normalized spacial score (nSPS) is 16.2. The van der Waals surface area contributed by atoms with Gasteiger partial charge in [0, 0.05) is 27.9 Å². The van der Waals surface area contributed by atoms with Crippen LogP contribution in [0.25, 0.3) is 6.08 Å². The molecule has 2 atom stereocenters. The summed E-state index contributed by atoms with van der Waals surface area (Å²) in [6, 6.07) is 24.7. The molecule has 1 fully saturated rings. The van der Waals surface area contributed by atoms with Crippen molar-refractivity contribution in [2.75, 3.05) is 11.4 Å². The van der Waals surface area contributed by atoms with E-state index in [1.807, 2.05) is 107 Å². The lowest BCUT2D eigenvalue weighted by atomic mass is 9.76. The van der Waals surface area contributed by atoms with Crippen LogP contribution < -0.4 is 4.90 Å². The van der Waals surface area contributed by atoms with E-state index in [4.69, 9.17) is 0 Å². The van der Waals surface area contributed by atoms with Gasteiger partial charge in [-0.2, -0.15) is 0 Å². The highest BCUT2D eigenvalue weighted by Crippen LogP contribution is 2.35. The smallest absolute Gasteiger partial charge is 0.254 e. The summed E-state index contributed by atoms with van der Waals surface area (Å²) >= 11 is 2.25. The van der Waals surface area contributed by atoms with Gasteiger partial charge in [0.05, 0.1) is 5.92 Å². The van der Waals surface area contributed by atoms with Crippen LogP contribution in [-0.4, -0.2) is 35.1 Å². The first-order valence-corrected chi connectivity index (χ1v) is 14.8. The number of para-hydroxylation sites is 1. The number of amides is 2. The number of benzene rings is 3. The van der Waals surface area contributed by atoms with Crippen LogP contribution in [-0.2, 0) is 14.4 Å². The Bertz CT molecular complexity index is 1360. The molecule has 1 heterocycles. The second-order valence-electron chi connectivity index (χ2n) is 11.5. The molecule has 0 radical (unpaired) electrons. The Labute approximate surface area is 251 Å². The molecule has 208 valence electrons. The summed E-state index contributed by atoms with van der Waals surface area (Å²) in [6.07, 6.45) is 4.80. The van der Waals surface area contributed by atoms with Crippen LogP contribution in [0.1, 0.15) is 51.2 Å². The molecule has 0 aromatic heterocycles. The van der Waals surface area contributed by atoms with Gasteiger partial charge in [-0.3, -0.25) is 19.3 Å². The van der Waals surface area contributed by atoms with Gasteiger partial charge in [0.25, 0.3) is 5.91 Å². The van der Waals surface area contributed by atoms with Gasteiger partial charge in [-0.15, -0.1) is 0 Å². The zero-order valence-corrected chi connectivity index (χ0v) is 25.8. The van der Waals surface area contributed by atoms with Crippen molar-refractivity contribution in [2.45, 2.75) is 53.0 Å². The van der Waals surface area contributed by atoms with Crippen LogP contribution >= 0.6 is 22.6 Å². The predicted octanol–water partition coefficient (Wildman–Crippen LogP) is 7.59. The number of rotatable bonds is 8. The van der Waals surface area contributed by atoms with Crippen molar-refractivity contribution in [3.8, 4) is 0 Å². The fraction of sp³-hybridized carbons (Fsp3) is 0.324. The maximum absolute atomic E-state index is 14.2. The number of carbonyl (C=O) groups is 3. The van der Waals surface area contributed by atoms with Gasteiger partial charge in [-0.25, -0.2) is 0 Å². The number of aryl methyl sites for hydroxylation is 1. The maximum Gasteiger partial charge on any atom is 0.254 e. The number of halogens is 1. The SMILES string of the molecule is Cc1ccc(/C=C/C(=O)C[C@H](C(=O)N2CCC[C@H]2C(=O)N(c2ccccc2)c2ccc(I)cc2)C(C)(C)C)cc1. The van der Waals surface area contributed by atoms with Crippen LogP contribution in [0.4, 0.5) is 11.4 Å². The molecule has 4 rings (SSSR count). The van der Waals surface area contributed by atoms with Gasteiger partial charge in [0.15, 0.2) is 5.78 Å². The van der Waals surface area contributed by atoms with Gasteiger partial charge in [-0.1, -0.05) is 74.9 Å². The van der Waals surface area contributed by atoms with E-state index in [0.29, 0.717) is 13.0 Å². The third kappa shape index (κ3) is 7.27. The average molecular weight is 649 g/mol. The van der Waals surface area contributed by atoms with E-state index < -0.39 is 17.4 Å². The summed E-state index contributed by atoms with van der Waals surface area (Å²) in [6.45, 7) is 8.49. The lowest BCUT2D eigenvalue weighted by Gasteiger charge is -2.36. The second kappa shape index (κ2) is 12.9. The molecule has 2 amide bonds. The number of carbonyl (C=O) groups excluding carboxylic acids is 3. The molecule has 3 aromatic rings. The third-order valence-electron chi connectivity index (χ3n) is 7.43. The van der Waals surface area contributed by atoms with Crippen LogP contribution in [0.5, 0.6) is 0 Å². The van der Waals surface area contributed by atoms with E-state index in [-0.39, 0.29) is 24.0 Å². The highest BCUT2D eigenvalue weighted by atomic mass is 127. The average Bonchev–Trinajstić information content (AvgIpc) is 3.42. The fourth-order valence-electron chi connectivity index (χ4n) is 5.11. The largest absolute Gasteiger partial charge is 0.330 e. The monoisotopic (exact) mass is 648 g/mol. The molecule has 3 aromatic carbocycles. The first-order valence-electron chi connectivity index (χ1n) is 13.8. The number of ketones is 1. The summed E-state index contributed by atoms with van der Waals surface area (Å²) in [5.41, 5.74) is 3.18. The van der Waals surface area contributed by atoms with Crippen LogP contribution in [0, 0.1) is 21.8 Å². The van der Waals surface area contributed by atoms with E-state index in [2.05, 4.69) is 22.6 Å². The van der Waals surface area contributed by atoms with E-state index >= 15 is 0 Å². The Morgan fingerprint density at radius 1 is 0.950 bits per heavy atom. The third-order valence-corrected chi connectivity index (χ3v) is 8.15. The molecular formula is C34H37IN2O3. The number of hydrogen-bond donors (Lipinski definition) is 0. The summed E-state index contributed by atoms with van der Waals surface area (Å²) in [5, 5.41) is 0. The molecule has 1 aliphatic rings. The van der Waals surface area contributed by atoms with Gasteiger partial charge >= 0.3 is 0 Å². The minimum absolute atomic E-state index is 0.0966. The zero-order valence-electron chi connectivity index (χ0n) is 23.6. The molecule has 0 saturated carbocycles. The predicted molar refractivity (Wildman–Crippen MR) is 170 cm³/mol. The number of nitrogens with zero attached hydrogens (tertiary/aromatic N) is 2. The van der Waals surface area contributed by atoms with E-state index in [1.54, 1.807) is 22.0 Å². The summed E-state index contributed by atoms with van der Waals surface area (Å²) in [4.78, 5) is 44.7. The molecule has 0 aliphatic carbocycles. The number of anilines is 2. The first kappa shape index (κ1) is 29.7. The quantitative estimate of drug-likeness (QED) is 0.187. The minimum atomic E-state index is -0.588. The molecule has 1 saturated heterocycles. The highest BCUT2D eigenvalue weighted by molar-refractivity contribution is 14.1. The molecule has 6 heteroatoms. The van der Waals surface area contributed by atoms with Gasteiger partial charge in [0.2, 0.25) is 5.91 Å². The Morgan fingerprint density at radius 2 is 1.57 bits per heavy atom. The van der Waals surface area contributed by atoms with Gasteiger partial charge in [0.1, 0.15) is 6.04 Å². The van der Waals surface area contributed by atoms with Gasteiger partial charge < -0.3 is 4.90 Å².